The molecule has 8 heteroatoms. The molecule has 0 aliphatic rings. The maximum Gasteiger partial charge on any atom is 0.293 e. The van der Waals surface area contributed by atoms with Crippen LogP contribution in [0.2, 0.25) is 0 Å². The van der Waals surface area contributed by atoms with Gasteiger partial charge < -0.3 is 10.6 Å². The van der Waals surface area contributed by atoms with Gasteiger partial charge >= 0.3 is 0 Å². The molecule has 0 saturated heterocycles. The summed E-state index contributed by atoms with van der Waals surface area (Å²) in [7, 11) is 0. The maximum absolute atomic E-state index is 12.2. The molecule has 8 nitrogen and oxygen atoms in total. The van der Waals surface area contributed by atoms with E-state index in [-0.39, 0.29) is 17.8 Å². The lowest BCUT2D eigenvalue weighted by molar-refractivity contribution is -0.383. The summed E-state index contributed by atoms with van der Waals surface area (Å²) in [6.07, 6.45) is 3.26. The molecule has 126 valence electrons. The summed E-state index contributed by atoms with van der Waals surface area (Å²) in [4.78, 5) is 23.0. The third kappa shape index (κ3) is 3.99. The number of carbonyl (C=O) groups excluding carboxylic acids is 1. The Balaban J connectivity index is 1.78. The summed E-state index contributed by atoms with van der Waals surface area (Å²) < 4.78 is 0. The predicted molar refractivity (Wildman–Crippen MR) is 92.6 cm³/mol. The molecular formula is C17H15N5O3. The minimum Gasteiger partial charge on any atom is -0.350 e. The molecule has 0 aliphatic carbocycles. The Morgan fingerprint density at radius 3 is 2.68 bits per heavy atom. The Morgan fingerprint density at radius 1 is 1.20 bits per heavy atom. The second-order valence-corrected chi connectivity index (χ2v) is 5.27. The molecule has 0 radical (unpaired) electrons. The van der Waals surface area contributed by atoms with Gasteiger partial charge in [0.15, 0.2) is 0 Å². The third-order valence-electron chi connectivity index (χ3n) is 3.52. The van der Waals surface area contributed by atoms with E-state index in [1.165, 1.54) is 12.1 Å². The number of amides is 1. The van der Waals surface area contributed by atoms with Crippen molar-refractivity contribution in [3.8, 4) is 0 Å². The van der Waals surface area contributed by atoms with Crippen LogP contribution in [0.3, 0.4) is 0 Å². The van der Waals surface area contributed by atoms with Gasteiger partial charge in [-0.05, 0) is 24.3 Å². The molecular weight excluding hydrogens is 322 g/mol. The van der Waals surface area contributed by atoms with E-state index < -0.39 is 10.8 Å². The highest BCUT2D eigenvalue weighted by Gasteiger charge is 2.17. The number of para-hydroxylation sites is 1. The maximum atomic E-state index is 12.2. The Kier molecular flexibility index (Phi) is 4.70. The topological polar surface area (TPSA) is 113 Å². The van der Waals surface area contributed by atoms with Gasteiger partial charge in [0.2, 0.25) is 0 Å². The fourth-order valence-corrected chi connectivity index (χ4v) is 2.27. The lowest BCUT2D eigenvalue weighted by Gasteiger charge is -2.09. The van der Waals surface area contributed by atoms with E-state index in [4.69, 9.17) is 0 Å². The van der Waals surface area contributed by atoms with E-state index in [9.17, 15) is 14.9 Å². The Hall–Kier alpha value is -3.68. The van der Waals surface area contributed by atoms with Crippen LogP contribution < -0.4 is 10.6 Å². The van der Waals surface area contributed by atoms with Crippen molar-refractivity contribution < 1.29 is 9.72 Å². The summed E-state index contributed by atoms with van der Waals surface area (Å²) in [6, 6.07) is 13.4. The van der Waals surface area contributed by atoms with Gasteiger partial charge in [-0.25, -0.2) is 0 Å². The number of aromatic amines is 1. The molecule has 3 aromatic rings. The van der Waals surface area contributed by atoms with Gasteiger partial charge in [0.1, 0.15) is 5.69 Å². The summed E-state index contributed by atoms with van der Waals surface area (Å²) in [5.74, 6) is -0.393. The minimum atomic E-state index is -0.516. The average molecular weight is 337 g/mol. The van der Waals surface area contributed by atoms with E-state index in [1.807, 2.05) is 18.2 Å². The highest BCUT2D eigenvalue weighted by molar-refractivity contribution is 5.95. The molecule has 1 aromatic heterocycles. The Morgan fingerprint density at radius 2 is 2.00 bits per heavy atom. The lowest BCUT2D eigenvalue weighted by atomic mass is 10.1. The number of H-pyrrole nitrogens is 1. The second-order valence-electron chi connectivity index (χ2n) is 5.27. The fourth-order valence-electron chi connectivity index (χ4n) is 2.27. The number of rotatable bonds is 6. The van der Waals surface area contributed by atoms with Gasteiger partial charge in [-0.1, -0.05) is 18.2 Å². The Labute approximate surface area is 143 Å². The number of aromatic nitrogens is 2. The van der Waals surface area contributed by atoms with Gasteiger partial charge in [-0.15, -0.1) is 0 Å². The second kappa shape index (κ2) is 7.26. The van der Waals surface area contributed by atoms with Gasteiger partial charge in [-0.2, -0.15) is 5.10 Å². The molecule has 2 aromatic carbocycles. The van der Waals surface area contributed by atoms with E-state index >= 15 is 0 Å². The van der Waals surface area contributed by atoms with Crippen LogP contribution in [0.1, 0.15) is 15.9 Å². The molecule has 3 N–H and O–H groups in total. The molecule has 0 fully saturated rings. The molecule has 0 aliphatic heterocycles. The molecule has 0 unspecified atom stereocenters. The minimum absolute atomic E-state index is 0.167. The van der Waals surface area contributed by atoms with Crippen LogP contribution in [0.15, 0.2) is 60.9 Å². The number of benzene rings is 2. The van der Waals surface area contributed by atoms with Gasteiger partial charge in [-0.3, -0.25) is 20.0 Å². The van der Waals surface area contributed by atoms with Gasteiger partial charge in [0, 0.05) is 35.6 Å². The molecule has 25 heavy (non-hydrogen) atoms. The van der Waals surface area contributed by atoms with E-state index in [0.717, 1.165) is 11.3 Å². The zero-order valence-electron chi connectivity index (χ0n) is 13.1. The van der Waals surface area contributed by atoms with E-state index in [0.29, 0.717) is 5.69 Å². The molecule has 1 heterocycles. The summed E-state index contributed by atoms with van der Waals surface area (Å²) in [5.41, 5.74) is 1.91. The average Bonchev–Trinajstić information content (AvgIpc) is 3.14. The number of nitro benzene ring substituents is 1. The molecule has 0 spiro atoms. The van der Waals surface area contributed by atoms with Crippen LogP contribution in [-0.2, 0) is 6.54 Å². The highest BCUT2D eigenvalue weighted by Crippen LogP contribution is 2.28. The molecule has 0 atom stereocenters. The van der Waals surface area contributed by atoms with Gasteiger partial charge in [0.25, 0.3) is 11.6 Å². The largest absolute Gasteiger partial charge is 0.350 e. The van der Waals surface area contributed by atoms with Crippen LogP contribution in [0, 0.1) is 10.1 Å². The van der Waals surface area contributed by atoms with Crippen molar-refractivity contribution >= 4 is 23.0 Å². The number of anilines is 2. The first-order valence-corrected chi connectivity index (χ1v) is 7.50. The van der Waals surface area contributed by atoms with E-state index in [1.54, 1.807) is 30.6 Å². The number of hydrogen-bond donors (Lipinski definition) is 3. The molecule has 3 rings (SSSR count). The van der Waals surface area contributed by atoms with Crippen molar-refractivity contribution in [3.05, 3.63) is 82.2 Å². The lowest BCUT2D eigenvalue weighted by Crippen LogP contribution is -2.22. The molecule has 0 bridgehead atoms. The van der Waals surface area contributed by atoms with Crippen molar-refractivity contribution in [1.82, 2.24) is 15.5 Å². The van der Waals surface area contributed by atoms with Crippen molar-refractivity contribution in [2.45, 2.75) is 6.54 Å². The molecule has 1 amide bonds. The van der Waals surface area contributed by atoms with Crippen LogP contribution in [-0.4, -0.2) is 21.0 Å². The van der Waals surface area contributed by atoms with Crippen molar-refractivity contribution in [2.75, 3.05) is 5.32 Å². The standard InChI is InChI=1S/C17H15N5O3/c23-17(18-9-12-10-19-20-11-12)13-6-7-15(16(8-13)22(24)25)21-14-4-2-1-3-5-14/h1-8,10-11,21H,9H2,(H,18,23)(H,19,20). The van der Waals surface area contributed by atoms with Crippen LogP contribution in [0.4, 0.5) is 17.1 Å². The number of carbonyl (C=O) groups is 1. The number of nitrogens with zero attached hydrogens (tertiary/aromatic N) is 2. The van der Waals surface area contributed by atoms with Crippen molar-refractivity contribution in [3.63, 3.8) is 0 Å². The third-order valence-corrected chi connectivity index (χ3v) is 3.52. The van der Waals surface area contributed by atoms with Crippen LogP contribution >= 0.6 is 0 Å². The first kappa shape index (κ1) is 16.2. The summed E-state index contributed by atoms with van der Waals surface area (Å²) >= 11 is 0. The number of nitrogens with one attached hydrogen (secondary N) is 3. The zero-order chi connectivity index (χ0) is 17.6. The van der Waals surface area contributed by atoms with Crippen molar-refractivity contribution in [2.24, 2.45) is 0 Å². The zero-order valence-corrected chi connectivity index (χ0v) is 13.1. The van der Waals surface area contributed by atoms with Crippen molar-refractivity contribution in [1.29, 1.82) is 0 Å². The first-order chi connectivity index (χ1) is 12.1. The smallest absolute Gasteiger partial charge is 0.293 e. The summed E-state index contributed by atoms with van der Waals surface area (Å²) in [5, 5.41) is 23.5. The SMILES string of the molecule is O=C(NCc1cn[nH]c1)c1ccc(Nc2ccccc2)c([N+](=O)[O-])c1. The quantitative estimate of drug-likeness (QED) is 0.473. The monoisotopic (exact) mass is 337 g/mol. The fraction of sp³-hybridized carbons (Fsp3) is 0.0588. The number of nitro groups is 1. The predicted octanol–water partition coefficient (Wildman–Crippen LogP) is 2.99. The first-order valence-electron chi connectivity index (χ1n) is 7.50. The van der Waals surface area contributed by atoms with Crippen LogP contribution in [0.25, 0.3) is 0 Å². The normalized spacial score (nSPS) is 10.2. The van der Waals surface area contributed by atoms with Gasteiger partial charge in [0.05, 0.1) is 11.1 Å². The highest BCUT2D eigenvalue weighted by atomic mass is 16.6. The number of hydrogen-bond acceptors (Lipinski definition) is 5. The Bertz CT molecular complexity index is 879. The van der Waals surface area contributed by atoms with Crippen LogP contribution in [0.5, 0.6) is 0 Å². The molecule has 0 saturated carbocycles. The van der Waals surface area contributed by atoms with E-state index in [2.05, 4.69) is 20.8 Å². The summed E-state index contributed by atoms with van der Waals surface area (Å²) in [6.45, 7) is 0.285.